The smallest absolute Gasteiger partial charge is 0.419 e. The van der Waals surface area contributed by atoms with Crippen molar-refractivity contribution in [1.82, 2.24) is 0 Å². The van der Waals surface area contributed by atoms with Crippen LogP contribution in [-0.4, -0.2) is 18.4 Å². The van der Waals surface area contributed by atoms with Crippen LogP contribution in [0.3, 0.4) is 0 Å². The summed E-state index contributed by atoms with van der Waals surface area (Å²) >= 11 is 0. The first-order valence-corrected chi connectivity index (χ1v) is 10.4. The molecule has 160 valence electrons. The maximum absolute atomic E-state index is 13.4. The van der Waals surface area contributed by atoms with Gasteiger partial charge in [0.1, 0.15) is 5.75 Å². The number of carboxylic acids is 1. The Hall–Kier alpha value is -1.76. The topological polar surface area (TPSA) is 58.6 Å². The molecule has 0 spiro atoms. The Morgan fingerprint density at radius 3 is 2.14 bits per heavy atom. The summed E-state index contributed by atoms with van der Waals surface area (Å²) in [5.74, 6) is 0.119. The highest BCUT2D eigenvalue weighted by atomic mass is 19.4. The number of carboxylic acid groups (broad SMARTS) is 1. The van der Waals surface area contributed by atoms with Crippen molar-refractivity contribution < 1.29 is 32.5 Å². The maximum atomic E-state index is 13.4. The molecule has 1 unspecified atom stereocenters. The predicted molar refractivity (Wildman–Crippen MR) is 96.9 cm³/mol. The van der Waals surface area contributed by atoms with Gasteiger partial charge in [-0.2, -0.15) is 13.2 Å². The highest BCUT2D eigenvalue weighted by Gasteiger charge is 2.50. The third kappa shape index (κ3) is 4.11. The van der Waals surface area contributed by atoms with Crippen molar-refractivity contribution >= 4 is 5.97 Å². The Morgan fingerprint density at radius 1 is 1.07 bits per heavy atom. The fourth-order valence-electron chi connectivity index (χ4n) is 5.68. The second kappa shape index (κ2) is 7.49. The molecule has 1 atom stereocenters. The molecule has 1 aromatic rings. The summed E-state index contributed by atoms with van der Waals surface area (Å²) in [6, 6.07) is 2.49. The van der Waals surface area contributed by atoms with E-state index in [1.54, 1.807) is 0 Å². The average molecular weight is 411 g/mol. The molecule has 0 radical (unpaired) electrons. The van der Waals surface area contributed by atoms with Gasteiger partial charge in [0, 0.05) is 11.5 Å². The van der Waals surface area contributed by atoms with Crippen LogP contribution in [0.4, 0.5) is 13.2 Å². The van der Waals surface area contributed by atoms with Gasteiger partial charge in [-0.1, -0.05) is 19.9 Å². The van der Waals surface area contributed by atoms with Crippen LogP contribution < -0.4 is 9.84 Å². The molecule has 29 heavy (non-hydrogen) atoms. The summed E-state index contributed by atoms with van der Waals surface area (Å²) in [6.45, 7) is 3.66. The number of alkyl halides is 3. The molecule has 4 aliphatic rings. The van der Waals surface area contributed by atoms with Gasteiger partial charge in [0.15, 0.2) is 0 Å². The SMILES string of the molecule is CC(C)C(Oc1cc(C(=O)[O-])ccc1C(F)(F)F)OC1C2CC3CC(C2)CC1C3. The largest absolute Gasteiger partial charge is 0.545 e. The number of halogens is 3. The lowest BCUT2D eigenvalue weighted by molar-refractivity contribution is -0.255. The van der Waals surface area contributed by atoms with E-state index in [-0.39, 0.29) is 17.6 Å². The Labute approximate surface area is 168 Å². The molecule has 0 N–H and O–H groups in total. The van der Waals surface area contributed by atoms with Crippen molar-refractivity contribution in [2.24, 2.45) is 29.6 Å². The molecule has 0 amide bonds. The first-order valence-electron chi connectivity index (χ1n) is 10.4. The summed E-state index contributed by atoms with van der Waals surface area (Å²) < 4.78 is 52.3. The zero-order valence-electron chi connectivity index (χ0n) is 16.6. The van der Waals surface area contributed by atoms with E-state index in [2.05, 4.69) is 0 Å². The summed E-state index contributed by atoms with van der Waals surface area (Å²) in [5, 5.41) is 11.1. The van der Waals surface area contributed by atoms with Crippen LogP contribution in [0, 0.1) is 29.6 Å². The van der Waals surface area contributed by atoms with Crippen molar-refractivity contribution in [3.05, 3.63) is 29.3 Å². The summed E-state index contributed by atoms with van der Waals surface area (Å²) in [6.07, 6.45) is 0.239. The predicted octanol–water partition coefficient (Wildman–Crippen LogP) is 4.27. The zero-order chi connectivity index (χ0) is 20.9. The summed E-state index contributed by atoms with van der Waals surface area (Å²) in [5.41, 5.74) is -1.37. The molecular weight excluding hydrogens is 385 g/mol. The van der Waals surface area contributed by atoms with Crippen LogP contribution >= 0.6 is 0 Å². The number of rotatable bonds is 6. The second-order valence-electron chi connectivity index (χ2n) is 9.26. The van der Waals surface area contributed by atoms with Crippen molar-refractivity contribution in [3.8, 4) is 5.75 Å². The molecule has 4 bridgehead atoms. The molecule has 4 fully saturated rings. The lowest BCUT2D eigenvalue weighted by atomic mass is 9.55. The van der Waals surface area contributed by atoms with Gasteiger partial charge in [0.05, 0.1) is 17.6 Å². The van der Waals surface area contributed by atoms with Gasteiger partial charge in [0.25, 0.3) is 0 Å². The van der Waals surface area contributed by atoms with Crippen molar-refractivity contribution in [3.63, 3.8) is 0 Å². The highest BCUT2D eigenvalue weighted by Crippen LogP contribution is 2.55. The van der Waals surface area contributed by atoms with Crippen molar-refractivity contribution in [1.29, 1.82) is 0 Å². The number of carbonyl (C=O) groups excluding carboxylic acids is 1. The van der Waals surface area contributed by atoms with E-state index in [4.69, 9.17) is 9.47 Å². The quantitative estimate of drug-likeness (QED) is 0.656. The Kier molecular flexibility index (Phi) is 5.30. The van der Waals surface area contributed by atoms with Gasteiger partial charge in [-0.15, -0.1) is 0 Å². The van der Waals surface area contributed by atoms with Gasteiger partial charge < -0.3 is 19.4 Å². The number of carbonyl (C=O) groups is 1. The minimum Gasteiger partial charge on any atom is -0.545 e. The van der Waals surface area contributed by atoms with Crippen LogP contribution in [0.15, 0.2) is 18.2 Å². The molecule has 5 rings (SSSR count). The van der Waals surface area contributed by atoms with Gasteiger partial charge in [-0.25, -0.2) is 0 Å². The van der Waals surface area contributed by atoms with Gasteiger partial charge >= 0.3 is 6.18 Å². The third-order valence-electron chi connectivity index (χ3n) is 6.74. The lowest BCUT2D eigenvalue weighted by Gasteiger charge is -2.54. The van der Waals surface area contributed by atoms with E-state index in [1.165, 1.54) is 6.42 Å². The van der Waals surface area contributed by atoms with Crippen molar-refractivity contribution in [2.45, 2.75) is 64.5 Å². The molecule has 4 saturated carbocycles. The number of hydrogen-bond donors (Lipinski definition) is 0. The Bertz CT molecular complexity index is 746. The van der Waals surface area contributed by atoms with E-state index < -0.39 is 29.7 Å². The Morgan fingerprint density at radius 2 is 1.66 bits per heavy atom. The van der Waals surface area contributed by atoms with Gasteiger partial charge in [-0.3, -0.25) is 0 Å². The van der Waals surface area contributed by atoms with Crippen LogP contribution in [0.1, 0.15) is 61.9 Å². The number of benzene rings is 1. The number of ether oxygens (including phenoxy) is 2. The molecule has 4 aliphatic carbocycles. The van der Waals surface area contributed by atoms with Gasteiger partial charge in [-0.05, 0) is 67.9 Å². The second-order valence-corrected chi connectivity index (χ2v) is 9.26. The van der Waals surface area contributed by atoms with E-state index >= 15 is 0 Å². The van der Waals surface area contributed by atoms with E-state index in [9.17, 15) is 23.1 Å². The summed E-state index contributed by atoms with van der Waals surface area (Å²) in [7, 11) is 0. The lowest BCUT2D eigenvalue weighted by Crippen LogP contribution is -2.51. The molecule has 4 nitrogen and oxygen atoms in total. The van der Waals surface area contributed by atoms with Crippen molar-refractivity contribution in [2.75, 3.05) is 0 Å². The highest BCUT2D eigenvalue weighted by molar-refractivity contribution is 5.86. The fraction of sp³-hybridized carbons (Fsp3) is 0.682. The zero-order valence-corrected chi connectivity index (χ0v) is 16.6. The number of hydrogen-bond acceptors (Lipinski definition) is 4. The minimum atomic E-state index is -4.66. The van der Waals surface area contributed by atoms with Crippen LogP contribution in [-0.2, 0) is 10.9 Å². The molecule has 0 aromatic heterocycles. The first kappa shape index (κ1) is 20.5. The third-order valence-corrected chi connectivity index (χ3v) is 6.74. The standard InChI is InChI=1S/C22H27F3O4/c1-11(2)21(29-19-15-6-12-5-13(8-15)9-16(19)7-12)28-18-10-14(20(26)27)3-4-17(18)22(23,24)25/h3-4,10-13,15-16,19,21H,5-9H2,1-2H3,(H,26,27)/p-1. The van der Waals surface area contributed by atoms with Gasteiger partial charge in [0.2, 0.25) is 6.29 Å². The molecule has 7 heteroatoms. The molecule has 0 aliphatic heterocycles. The molecule has 1 aromatic carbocycles. The number of aromatic carboxylic acids is 1. The maximum Gasteiger partial charge on any atom is 0.419 e. The van der Waals surface area contributed by atoms with Crippen LogP contribution in [0.5, 0.6) is 5.75 Å². The van der Waals surface area contributed by atoms with E-state index in [1.807, 2.05) is 13.8 Å². The normalized spacial score (nSPS) is 31.9. The van der Waals surface area contributed by atoms with E-state index in [0.717, 1.165) is 55.7 Å². The van der Waals surface area contributed by atoms with Crippen LogP contribution in [0.25, 0.3) is 0 Å². The Balaban J connectivity index is 1.57. The first-order chi connectivity index (χ1) is 13.6. The minimum absolute atomic E-state index is 0.00569. The van der Waals surface area contributed by atoms with E-state index in [0.29, 0.717) is 11.8 Å². The summed E-state index contributed by atoms with van der Waals surface area (Å²) in [4.78, 5) is 11.1. The fourth-order valence-corrected chi connectivity index (χ4v) is 5.68. The molecular formula is C22H26F3O4-. The van der Waals surface area contributed by atoms with Crippen LogP contribution in [0.2, 0.25) is 0 Å². The monoisotopic (exact) mass is 411 g/mol. The average Bonchev–Trinajstić information content (AvgIpc) is 2.61. The molecule has 0 heterocycles. The molecule has 0 saturated heterocycles.